The second-order valence-electron chi connectivity index (χ2n) is 3.60. The number of hydrogen-bond donors (Lipinski definition) is 1. The Morgan fingerprint density at radius 1 is 1.47 bits per heavy atom. The Morgan fingerprint density at radius 3 is 2.74 bits per heavy atom. The smallest absolute Gasteiger partial charge is 0.370 e. The number of nitrogens with one attached hydrogen (secondary N) is 1. The Labute approximate surface area is 106 Å². The van der Waals surface area contributed by atoms with Gasteiger partial charge in [0.25, 0.3) is 11.5 Å². The number of ether oxygens (including phenoxy) is 1. The summed E-state index contributed by atoms with van der Waals surface area (Å²) in [7, 11) is 1.38. The minimum Gasteiger partial charge on any atom is -0.370 e. The minimum absolute atomic E-state index is 0.00192. The lowest BCUT2D eigenvalue weighted by atomic mass is 10.3. The molecular formula is C10H12F3N3O3. The fourth-order valence-electron chi connectivity index (χ4n) is 1.14. The van der Waals surface area contributed by atoms with Gasteiger partial charge in [0.05, 0.1) is 6.61 Å². The standard InChI is InChI=1S/C10H12F3N3O3/c1-16-8(17)3-2-7(15-16)9(18)14-4-5-19-6-10(11,12)13/h2-3H,4-6H2,1H3,(H,14,18). The maximum atomic E-state index is 11.7. The maximum Gasteiger partial charge on any atom is 0.411 e. The summed E-state index contributed by atoms with van der Waals surface area (Å²) < 4.78 is 40.5. The first-order valence-electron chi connectivity index (χ1n) is 5.26. The van der Waals surface area contributed by atoms with Crippen molar-refractivity contribution in [1.29, 1.82) is 0 Å². The van der Waals surface area contributed by atoms with Gasteiger partial charge in [0.1, 0.15) is 12.3 Å². The average Bonchev–Trinajstić information content (AvgIpc) is 2.30. The summed E-state index contributed by atoms with van der Waals surface area (Å²) in [6.07, 6.45) is -4.39. The van der Waals surface area contributed by atoms with Crippen LogP contribution in [0.2, 0.25) is 0 Å². The molecule has 1 aromatic heterocycles. The van der Waals surface area contributed by atoms with Crippen molar-refractivity contribution in [2.45, 2.75) is 6.18 Å². The number of aromatic nitrogens is 2. The SMILES string of the molecule is Cn1nc(C(=O)NCCOCC(F)(F)F)ccc1=O. The van der Waals surface area contributed by atoms with E-state index in [1.54, 1.807) is 0 Å². The lowest BCUT2D eigenvalue weighted by molar-refractivity contribution is -0.173. The average molecular weight is 279 g/mol. The van der Waals surface area contributed by atoms with Crippen molar-refractivity contribution >= 4 is 5.91 Å². The number of nitrogens with zero attached hydrogens (tertiary/aromatic N) is 2. The van der Waals surface area contributed by atoms with Gasteiger partial charge in [0.15, 0.2) is 0 Å². The summed E-state index contributed by atoms with van der Waals surface area (Å²) in [6, 6.07) is 2.40. The van der Waals surface area contributed by atoms with Gasteiger partial charge in [-0.25, -0.2) is 4.68 Å². The predicted octanol–water partition coefficient (Wildman–Crippen LogP) is 0.0890. The van der Waals surface area contributed by atoms with Crippen LogP contribution in [0.25, 0.3) is 0 Å². The molecule has 0 aliphatic heterocycles. The largest absolute Gasteiger partial charge is 0.411 e. The molecule has 9 heteroatoms. The first-order valence-corrected chi connectivity index (χ1v) is 5.26. The van der Waals surface area contributed by atoms with E-state index in [0.29, 0.717) is 0 Å². The summed E-state index contributed by atoms with van der Waals surface area (Å²) >= 11 is 0. The number of rotatable bonds is 5. The lowest BCUT2D eigenvalue weighted by Gasteiger charge is -2.08. The summed E-state index contributed by atoms with van der Waals surface area (Å²) in [5.74, 6) is -0.591. The predicted molar refractivity (Wildman–Crippen MR) is 58.7 cm³/mol. The van der Waals surface area contributed by atoms with Crippen LogP contribution in [0.3, 0.4) is 0 Å². The summed E-state index contributed by atoms with van der Waals surface area (Å²) in [4.78, 5) is 22.5. The molecule has 0 spiro atoms. The fourth-order valence-corrected chi connectivity index (χ4v) is 1.14. The molecule has 0 fully saturated rings. The topological polar surface area (TPSA) is 73.2 Å². The second-order valence-corrected chi connectivity index (χ2v) is 3.60. The Morgan fingerprint density at radius 2 is 2.16 bits per heavy atom. The van der Waals surface area contributed by atoms with Gasteiger partial charge in [-0.05, 0) is 6.07 Å². The Bertz CT molecular complexity index is 499. The number of alkyl halides is 3. The van der Waals surface area contributed by atoms with Gasteiger partial charge >= 0.3 is 6.18 Å². The Hall–Kier alpha value is -1.90. The molecule has 1 N–H and O–H groups in total. The quantitative estimate of drug-likeness (QED) is 0.775. The van der Waals surface area contributed by atoms with Crippen LogP contribution in [-0.2, 0) is 11.8 Å². The van der Waals surface area contributed by atoms with Crippen LogP contribution in [0.4, 0.5) is 13.2 Å². The molecule has 0 aromatic carbocycles. The van der Waals surface area contributed by atoms with Gasteiger partial charge in [-0.3, -0.25) is 9.59 Å². The molecule has 0 aliphatic carbocycles. The molecule has 0 saturated carbocycles. The van der Waals surface area contributed by atoms with E-state index in [1.807, 2.05) is 0 Å². The molecule has 0 aliphatic rings. The maximum absolute atomic E-state index is 11.7. The third-order valence-corrected chi connectivity index (χ3v) is 1.99. The van der Waals surface area contributed by atoms with Gasteiger partial charge in [-0.15, -0.1) is 0 Å². The zero-order valence-electron chi connectivity index (χ0n) is 10.0. The van der Waals surface area contributed by atoms with Crippen LogP contribution in [0.1, 0.15) is 10.5 Å². The van der Waals surface area contributed by atoms with E-state index in [9.17, 15) is 22.8 Å². The molecule has 1 rings (SSSR count). The highest BCUT2D eigenvalue weighted by atomic mass is 19.4. The molecule has 1 aromatic rings. The number of halogens is 3. The highest BCUT2D eigenvalue weighted by molar-refractivity contribution is 5.91. The Kier molecular flexibility index (Phi) is 5.04. The molecule has 0 bridgehead atoms. The molecular weight excluding hydrogens is 267 g/mol. The molecule has 1 heterocycles. The van der Waals surface area contributed by atoms with Crippen molar-refractivity contribution in [3.05, 3.63) is 28.2 Å². The van der Waals surface area contributed by atoms with Gasteiger partial charge in [0.2, 0.25) is 0 Å². The molecule has 6 nitrogen and oxygen atoms in total. The molecule has 0 saturated heterocycles. The molecule has 0 radical (unpaired) electrons. The van der Waals surface area contributed by atoms with Gasteiger partial charge in [-0.2, -0.15) is 18.3 Å². The highest BCUT2D eigenvalue weighted by Crippen LogP contribution is 2.13. The number of carbonyl (C=O) groups is 1. The van der Waals surface area contributed by atoms with Crippen molar-refractivity contribution in [3.63, 3.8) is 0 Å². The molecule has 19 heavy (non-hydrogen) atoms. The number of aryl methyl sites for hydroxylation is 1. The molecule has 0 atom stereocenters. The van der Waals surface area contributed by atoms with Crippen molar-refractivity contribution in [2.75, 3.05) is 19.8 Å². The highest BCUT2D eigenvalue weighted by Gasteiger charge is 2.27. The van der Waals surface area contributed by atoms with Crippen molar-refractivity contribution < 1.29 is 22.7 Å². The summed E-state index contributed by atoms with van der Waals surface area (Å²) in [5, 5.41) is 6.00. The third-order valence-electron chi connectivity index (χ3n) is 1.99. The van der Waals surface area contributed by atoms with Gasteiger partial charge < -0.3 is 10.1 Å². The second kappa shape index (κ2) is 6.32. The fraction of sp³-hybridized carbons (Fsp3) is 0.500. The van der Waals surface area contributed by atoms with Crippen LogP contribution >= 0.6 is 0 Å². The first-order chi connectivity index (χ1) is 8.79. The first kappa shape index (κ1) is 15.2. The molecule has 0 unspecified atom stereocenters. The van der Waals surface area contributed by atoms with E-state index in [-0.39, 0.29) is 24.4 Å². The third kappa shape index (κ3) is 5.51. The van der Waals surface area contributed by atoms with Gasteiger partial charge in [-0.1, -0.05) is 0 Å². The summed E-state index contributed by atoms with van der Waals surface area (Å²) in [6.45, 7) is -1.71. The van der Waals surface area contributed by atoms with E-state index in [0.717, 1.165) is 4.68 Å². The number of carbonyl (C=O) groups excluding carboxylic acids is 1. The van der Waals surface area contributed by atoms with Crippen LogP contribution in [0, 0.1) is 0 Å². The zero-order chi connectivity index (χ0) is 14.5. The van der Waals surface area contributed by atoms with E-state index in [4.69, 9.17) is 0 Å². The molecule has 106 valence electrons. The van der Waals surface area contributed by atoms with Crippen LogP contribution in [-0.4, -0.2) is 41.6 Å². The van der Waals surface area contributed by atoms with Crippen LogP contribution in [0.5, 0.6) is 0 Å². The van der Waals surface area contributed by atoms with Crippen molar-refractivity contribution in [2.24, 2.45) is 7.05 Å². The monoisotopic (exact) mass is 279 g/mol. The van der Waals surface area contributed by atoms with E-state index < -0.39 is 18.7 Å². The normalized spacial score (nSPS) is 11.4. The zero-order valence-corrected chi connectivity index (χ0v) is 10.0. The van der Waals surface area contributed by atoms with Crippen LogP contribution in [0.15, 0.2) is 16.9 Å². The number of hydrogen-bond acceptors (Lipinski definition) is 4. The summed E-state index contributed by atoms with van der Waals surface area (Å²) in [5.41, 5.74) is -0.372. The van der Waals surface area contributed by atoms with E-state index in [1.165, 1.54) is 19.2 Å². The van der Waals surface area contributed by atoms with Crippen molar-refractivity contribution in [1.82, 2.24) is 15.1 Å². The van der Waals surface area contributed by atoms with E-state index >= 15 is 0 Å². The minimum atomic E-state index is -4.39. The lowest BCUT2D eigenvalue weighted by Crippen LogP contribution is -2.31. The van der Waals surface area contributed by atoms with E-state index in [2.05, 4.69) is 15.2 Å². The van der Waals surface area contributed by atoms with Gasteiger partial charge in [0, 0.05) is 19.7 Å². The van der Waals surface area contributed by atoms with Crippen molar-refractivity contribution in [3.8, 4) is 0 Å². The van der Waals surface area contributed by atoms with Crippen LogP contribution < -0.4 is 10.9 Å². The number of amides is 1. The Balaban J connectivity index is 2.35. The molecule has 1 amide bonds.